The second kappa shape index (κ2) is 7.95. The Morgan fingerprint density at radius 1 is 1.18 bits per heavy atom. The van der Waals surface area contributed by atoms with Crippen molar-refractivity contribution in [3.63, 3.8) is 0 Å². The number of nitriles is 1. The molecule has 28 heavy (non-hydrogen) atoms. The summed E-state index contributed by atoms with van der Waals surface area (Å²) in [4.78, 5) is 0. The first-order valence-corrected chi connectivity index (χ1v) is 9.91. The largest absolute Gasteiger partial charge is 0.485 e. The van der Waals surface area contributed by atoms with Gasteiger partial charge in [0, 0.05) is 7.05 Å². The van der Waals surface area contributed by atoms with Gasteiger partial charge >= 0.3 is 0 Å². The van der Waals surface area contributed by atoms with Crippen molar-refractivity contribution in [3.8, 4) is 17.6 Å². The van der Waals surface area contributed by atoms with Crippen LogP contribution < -0.4 is 9.47 Å². The summed E-state index contributed by atoms with van der Waals surface area (Å²) in [7, 11) is 1.89. The zero-order valence-corrected chi connectivity index (χ0v) is 16.5. The summed E-state index contributed by atoms with van der Waals surface area (Å²) in [5.74, 6) is 2.12. The molecule has 0 N–H and O–H groups in total. The number of para-hydroxylation sites is 2. The van der Waals surface area contributed by atoms with E-state index in [1.807, 2.05) is 35.9 Å². The third-order valence-electron chi connectivity index (χ3n) is 4.60. The predicted molar refractivity (Wildman–Crippen MR) is 106 cm³/mol. The third-order valence-corrected chi connectivity index (χ3v) is 5.72. The second-order valence-corrected chi connectivity index (χ2v) is 7.86. The summed E-state index contributed by atoms with van der Waals surface area (Å²) >= 11 is 1.42. The van der Waals surface area contributed by atoms with Gasteiger partial charge in [0.1, 0.15) is 11.9 Å². The number of benzene rings is 2. The van der Waals surface area contributed by atoms with Gasteiger partial charge in [-0.25, -0.2) is 0 Å². The van der Waals surface area contributed by atoms with Gasteiger partial charge in [-0.3, -0.25) is 0 Å². The minimum atomic E-state index is -0.334. The number of aryl methyl sites for hydroxylation is 1. The summed E-state index contributed by atoms with van der Waals surface area (Å²) in [5.41, 5.74) is 2.34. The molecule has 2 heterocycles. The Balaban J connectivity index is 1.47. The zero-order chi connectivity index (χ0) is 19.5. The van der Waals surface area contributed by atoms with E-state index in [-0.39, 0.29) is 11.4 Å². The minimum Gasteiger partial charge on any atom is -0.485 e. The van der Waals surface area contributed by atoms with Crippen LogP contribution in [0.3, 0.4) is 0 Å². The van der Waals surface area contributed by atoms with Crippen LogP contribution in [0.25, 0.3) is 0 Å². The normalized spacial score (nSPS) is 16.4. The number of ether oxygens (including phenoxy) is 2. The van der Waals surface area contributed by atoms with Crippen LogP contribution >= 0.6 is 11.8 Å². The highest BCUT2D eigenvalue weighted by molar-refractivity contribution is 8.00. The Morgan fingerprint density at radius 3 is 2.68 bits per heavy atom. The van der Waals surface area contributed by atoms with E-state index in [1.54, 1.807) is 0 Å². The molecule has 6 nitrogen and oxygen atoms in total. The first-order valence-electron chi connectivity index (χ1n) is 9.03. The fraction of sp³-hybridized carbons (Fsp3) is 0.286. The van der Waals surface area contributed by atoms with Gasteiger partial charge in [-0.2, -0.15) is 5.26 Å². The number of rotatable bonds is 5. The maximum absolute atomic E-state index is 9.59. The lowest BCUT2D eigenvalue weighted by atomic mass is 10.1. The molecule has 0 unspecified atom stereocenters. The molecule has 7 heteroatoms. The molecule has 142 valence electrons. The molecule has 2 atom stereocenters. The number of thioether (sulfide) groups is 1. The van der Waals surface area contributed by atoms with E-state index in [0.717, 1.165) is 11.3 Å². The highest BCUT2D eigenvalue weighted by atomic mass is 32.2. The highest BCUT2D eigenvalue weighted by Gasteiger charge is 2.28. The fourth-order valence-electron chi connectivity index (χ4n) is 3.04. The minimum absolute atomic E-state index is 0.247. The van der Waals surface area contributed by atoms with Crippen molar-refractivity contribution in [1.29, 1.82) is 5.26 Å². The predicted octanol–water partition coefficient (Wildman–Crippen LogP) is 3.86. The maximum Gasteiger partial charge on any atom is 0.192 e. The number of fused-ring (bicyclic) bond motifs is 1. The molecule has 0 amide bonds. The summed E-state index contributed by atoms with van der Waals surface area (Å²) in [6, 6.07) is 18.2. The zero-order valence-electron chi connectivity index (χ0n) is 15.7. The van der Waals surface area contributed by atoms with Gasteiger partial charge in [-0.15, -0.1) is 10.2 Å². The van der Waals surface area contributed by atoms with Crippen LogP contribution in [0.1, 0.15) is 23.1 Å². The lowest BCUT2D eigenvalue weighted by Crippen LogP contribution is -2.24. The van der Waals surface area contributed by atoms with Gasteiger partial charge < -0.3 is 14.0 Å². The monoisotopic (exact) mass is 392 g/mol. The molecule has 3 aromatic rings. The SMILES string of the molecule is Cc1ccc(C[C@@H](C#N)Sc2nnc([C@@H]3COc4ccccc4O3)n2C)cc1. The van der Waals surface area contributed by atoms with E-state index in [9.17, 15) is 5.26 Å². The molecule has 4 rings (SSSR count). The number of nitrogens with zero attached hydrogens (tertiary/aromatic N) is 4. The van der Waals surface area contributed by atoms with Crippen molar-refractivity contribution < 1.29 is 9.47 Å². The third kappa shape index (κ3) is 3.82. The van der Waals surface area contributed by atoms with Crippen LogP contribution in [-0.2, 0) is 13.5 Å². The summed E-state index contributed by atoms with van der Waals surface area (Å²) in [6.45, 7) is 2.43. The van der Waals surface area contributed by atoms with E-state index in [0.29, 0.717) is 29.8 Å². The number of hydrogen-bond donors (Lipinski definition) is 0. The van der Waals surface area contributed by atoms with Crippen molar-refractivity contribution in [1.82, 2.24) is 14.8 Å². The molecule has 0 spiro atoms. The Labute approximate surface area is 168 Å². The van der Waals surface area contributed by atoms with Gasteiger partial charge in [-0.1, -0.05) is 53.7 Å². The van der Waals surface area contributed by atoms with Crippen LogP contribution in [0.4, 0.5) is 0 Å². The standard InChI is InChI=1S/C21H20N4O2S/c1-14-7-9-15(10-8-14)11-16(12-22)28-21-24-23-20(25(21)2)19-13-26-17-5-3-4-6-18(17)27-19/h3-10,16,19H,11,13H2,1-2H3/t16-,19-/m0/s1. The summed E-state index contributed by atoms with van der Waals surface area (Å²) in [5, 5.41) is 18.6. The van der Waals surface area contributed by atoms with Gasteiger partial charge in [0.15, 0.2) is 28.6 Å². The van der Waals surface area contributed by atoms with Crippen molar-refractivity contribution in [2.45, 2.75) is 29.9 Å². The van der Waals surface area contributed by atoms with Crippen LogP contribution in [0.2, 0.25) is 0 Å². The summed E-state index contributed by atoms with van der Waals surface area (Å²) in [6.07, 6.45) is 0.319. The van der Waals surface area contributed by atoms with Crippen molar-refractivity contribution in [2.24, 2.45) is 7.05 Å². The quantitative estimate of drug-likeness (QED) is 0.614. The second-order valence-electron chi connectivity index (χ2n) is 6.69. The van der Waals surface area contributed by atoms with Crippen molar-refractivity contribution in [3.05, 3.63) is 65.5 Å². The summed E-state index contributed by atoms with van der Waals surface area (Å²) < 4.78 is 13.7. The number of hydrogen-bond acceptors (Lipinski definition) is 6. The first-order chi connectivity index (χ1) is 13.6. The average Bonchev–Trinajstić information content (AvgIpc) is 3.09. The van der Waals surface area contributed by atoms with E-state index < -0.39 is 0 Å². The van der Waals surface area contributed by atoms with E-state index in [2.05, 4.69) is 47.5 Å². The van der Waals surface area contributed by atoms with Crippen LogP contribution in [-0.4, -0.2) is 26.6 Å². The molecule has 0 radical (unpaired) electrons. The van der Waals surface area contributed by atoms with Crippen molar-refractivity contribution in [2.75, 3.05) is 6.61 Å². The Bertz CT molecular complexity index is 1010. The van der Waals surface area contributed by atoms with E-state index >= 15 is 0 Å². The average molecular weight is 392 g/mol. The van der Waals surface area contributed by atoms with Gasteiger partial charge in [0.25, 0.3) is 0 Å². The molecular formula is C21H20N4O2S. The van der Waals surface area contributed by atoms with Gasteiger partial charge in [-0.05, 0) is 31.0 Å². The fourth-order valence-corrected chi connectivity index (χ4v) is 3.96. The van der Waals surface area contributed by atoms with E-state index in [4.69, 9.17) is 9.47 Å². The molecule has 0 saturated heterocycles. The molecule has 1 aliphatic rings. The maximum atomic E-state index is 9.59. The van der Waals surface area contributed by atoms with Gasteiger partial charge in [0.2, 0.25) is 0 Å². The molecule has 0 aliphatic carbocycles. The molecule has 0 bridgehead atoms. The molecule has 0 fully saturated rings. The molecular weight excluding hydrogens is 372 g/mol. The van der Waals surface area contributed by atoms with Gasteiger partial charge in [0.05, 0.1) is 6.07 Å². The molecule has 1 aliphatic heterocycles. The van der Waals surface area contributed by atoms with Crippen LogP contribution in [0, 0.1) is 18.3 Å². The Kier molecular flexibility index (Phi) is 5.22. The molecule has 2 aromatic carbocycles. The van der Waals surface area contributed by atoms with E-state index in [1.165, 1.54) is 17.3 Å². The lowest BCUT2D eigenvalue weighted by Gasteiger charge is -2.25. The molecule has 1 aromatic heterocycles. The highest BCUT2D eigenvalue weighted by Crippen LogP contribution is 2.36. The Hall–Kier alpha value is -2.98. The lowest BCUT2D eigenvalue weighted by molar-refractivity contribution is 0.0825. The topological polar surface area (TPSA) is 73.0 Å². The van der Waals surface area contributed by atoms with Crippen LogP contribution in [0.5, 0.6) is 11.5 Å². The first kappa shape index (κ1) is 18.4. The number of aromatic nitrogens is 3. The van der Waals surface area contributed by atoms with Crippen molar-refractivity contribution >= 4 is 11.8 Å². The smallest absolute Gasteiger partial charge is 0.192 e. The van der Waals surface area contributed by atoms with Crippen LogP contribution in [0.15, 0.2) is 53.7 Å². The molecule has 0 saturated carbocycles. The Morgan fingerprint density at radius 2 is 1.93 bits per heavy atom.